The summed E-state index contributed by atoms with van der Waals surface area (Å²) in [5.41, 5.74) is 0.956. The van der Waals surface area contributed by atoms with Crippen molar-refractivity contribution in [3.05, 3.63) is 75.3 Å². The topological polar surface area (TPSA) is 87.5 Å². The van der Waals surface area contributed by atoms with Gasteiger partial charge in [0.05, 0.1) is 34.7 Å². The number of hydrogen-bond acceptors (Lipinski definition) is 5. The van der Waals surface area contributed by atoms with Crippen LogP contribution in [0.15, 0.2) is 53.3 Å². The largest absolute Gasteiger partial charge is 0.394 e. The molecule has 0 radical (unpaired) electrons. The predicted molar refractivity (Wildman–Crippen MR) is 128 cm³/mol. The molecule has 3 rings (SSSR count). The lowest BCUT2D eigenvalue weighted by atomic mass is 10.0. The van der Waals surface area contributed by atoms with Gasteiger partial charge < -0.3 is 15.3 Å². The zero-order valence-electron chi connectivity index (χ0n) is 18.8. The summed E-state index contributed by atoms with van der Waals surface area (Å²) in [6.07, 6.45) is 0. The van der Waals surface area contributed by atoms with Crippen molar-refractivity contribution in [2.75, 3.05) is 25.6 Å². The van der Waals surface area contributed by atoms with Crippen LogP contribution in [0.3, 0.4) is 0 Å². The van der Waals surface area contributed by atoms with Crippen LogP contribution in [0, 0.1) is 11.7 Å². The lowest BCUT2D eigenvalue weighted by Gasteiger charge is -2.20. The molecular weight excluding hydrogens is 447 g/mol. The van der Waals surface area contributed by atoms with E-state index in [1.807, 2.05) is 32.8 Å². The average molecular weight is 473 g/mol. The Kier molecular flexibility index (Phi) is 7.50. The average Bonchev–Trinajstić information content (AvgIpc) is 2.76. The lowest BCUT2D eigenvalue weighted by Crippen LogP contribution is -2.43. The molecule has 1 aromatic heterocycles. The van der Waals surface area contributed by atoms with Gasteiger partial charge in [-0.05, 0) is 42.3 Å². The Morgan fingerprint density at radius 1 is 1.21 bits per heavy atom. The lowest BCUT2D eigenvalue weighted by molar-refractivity contribution is 0.0894. The van der Waals surface area contributed by atoms with E-state index < -0.39 is 23.3 Å². The quantitative estimate of drug-likeness (QED) is 0.549. The fourth-order valence-corrected chi connectivity index (χ4v) is 3.63. The van der Waals surface area contributed by atoms with Crippen LogP contribution in [-0.4, -0.2) is 47.5 Å². The molecule has 0 aliphatic rings. The molecule has 1 heterocycles. The van der Waals surface area contributed by atoms with Crippen molar-refractivity contribution in [3.63, 3.8) is 0 Å². The van der Waals surface area contributed by atoms with E-state index in [1.54, 1.807) is 18.2 Å². The molecule has 1 amide bonds. The molecule has 0 fully saturated rings. The van der Waals surface area contributed by atoms with Gasteiger partial charge in [0.2, 0.25) is 0 Å². The molecular formula is C24H26ClFN4O3. The van der Waals surface area contributed by atoms with Gasteiger partial charge in [0.25, 0.3) is 11.5 Å². The number of hydrogen-bond donors (Lipinski definition) is 2. The van der Waals surface area contributed by atoms with Crippen LogP contribution < -0.4 is 15.8 Å². The molecule has 7 nitrogen and oxygen atoms in total. The Morgan fingerprint density at radius 3 is 2.52 bits per heavy atom. The third kappa shape index (κ3) is 5.40. The number of carbonyl (C=O) groups is 1. The number of benzene rings is 2. The van der Waals surface area contributed by atoms with Crippen LogP contribution >= 0.6 is 11.6 Å². The van der Waals surface area contributed by atoms with E-state index >= 15 is 0 Å². The molecule has 2 aromatic carbocycles. The zero-order valence-corrected chi connectivity index (χ0v) is 19.6. The molecule has 3 aromatic rings. The maximum Gasteiger partial charge on any atom is 0.284 e. The number of aliphatic hydroxyl groups excluding tert-OH is 1. The summed E-state index contributed by atoms with van der Waals surface area (Å²) < 4.78 is 14.9. The van der Waals surface area contributed by atoms with Crippen LogP contribution in [0.5, 0.6) is 0 Å². The van der Waals surface area contributed by atoms with Gasteiger partial charge in [-0.25, -0.2) is 4.39 Å². The van der Waals surface area contributed by atoms with Crippen molar-refractivity contribution < 1.29 is 14.3 Å². The van der Waals surface area contributed by atoms with E-state index in [0.717, 1.165) is 16.4 Å². The normalized spacial score (nSPS) is 12.0. The first-order valence-corrected chi connectivity index (χ1v) is 10.8. The van der Waals surface area contributed by atoms with Crippen molar-refractivity contribution in [2.45, 2.75) is 19.9 Å². The van der Waals surface area contributed by atoms with Gasteiger partial charge in [0, 0.05) is 19.7 Å². The second-order valence-electron chi connectivity index (χ2n) is 8.21. The molecule has 0 spiro atoms. The summed E-state index contributed by atoms with van der Waals surface area (Å²) in [4.78, 5) is 28.0. The van der Waals surface area contributed by atoms with Gasteiger partial charge in [-0.2, -0.15) is 9.78 Å². The number of amides is 1. The Morgan fingerprint density at radius 2 is 1.94 bits per heavy atom. The van der Waals surface area contributed by atoms with Crippen molar-refractivity contribution in [1.29, 1.82) is 0 Å². The van der Waals surface area contributed by atoms with E-state index in [0.29, 0.717) is 16.3 Å². The van der Waals surface area contributed by atoms with Crippen LogP contribution in [0.2, 0.25) is 5.02 Å². The number of aromatic nitrogens is 2. The number of nitrogens with zero attached hydrogens (tertiary/aromatic N) is 3. The first-order chi connectivity index (χ1) is 15.6. The molecule has 0 aliphatic heterocycles. The predicted octanol–water partition coefficient (Wildman–Crippen LogP) is 3.50. The standard InChI is InChI=1S/C24H26ClFN4O3/c1-14(2)21(13-31)27-23(32)18-12-20(15-8-9-22(29(3)4)19(25)10-15)28-30(24(18)33)17-7-5-6-16(26)11-17/h5-12,14,21,31H,13H2,1-4H3,(H,27,32)/t21-/m1/s1. The number of nitrogens with one attached hydrogen (secondary N) is 1. The van der Waals surface area contributed by atoms with Crippen LogP contribution in [-0.2, 0) is 0 Å². The van der Waals surface area contributed by atoms with E-state index in [2.05, 4.69) is 10.4 Å². The highest BCUT2D eigenvalue weighted by Crippen LogP contribution is 2.29. The van der Waals surface area contributed by atoms with Crippen molar-refractivity contribution in [1.82, 2.24) is 15.1 Å². The van der Waals surface area contributed by atoms with Crippen LogP contribution in [0.25, 0.3) is 16.9 Å². The van der Waals surface area contributed by atoms with E-state index in [1.165, 1.54) is 24.3 Å². The van der Waals surface area contributed by atoms with Gasteiger partial charge in [-0.3, -0.25) is 9.59 Å². The van der Waals surface area contributed by atoms with Crippen LogP contribution in [0.1, 0.15) is 24.2 Å². The maximum absolute atomic E-state index is 13.9. The summed E-state index contributed by atoms with van der Waals surface area (Å²) in [6.45, 7) is 3.41. The Balaban J connectivity index is 2.19. The molecule has 0 saturated carbocycles. The van der Waals surface area contributed by atoms with Crippen molar-refractivity contribution in [3.8, 4) is 16.9 Å². The van der Waals surface area contributed by atoms with E-state index in [9.17, 15) is 19.1 Å². The SMILES string of the molecule is CC(C)[C@@H](CO)NC(=O)c1cc(-c2ccc(N(C)C)c(Cl)c2)nn(-c2cccc(F)c2)c1=O. The maximum atomic E-state index is 13.9. The third-order valence-corrected chi connectivity index (χ3v) is 5.55. The highest BCUT2D eigenvalue weighted by Gasteiger charge is 2.22. The summed E-state index contributed by atoms with van der Waals surface area (Å²) >= 11 is 6.41. The minimum absolute atomic E-state index is 0.0527. The Hall–Kier alpha value is -3.23. The molecule has 0 bridgehead atoms. The summed E-state index contributed by atoms with van der Waals surface area (Å²) in [5, 5.41) is 17.1. The van der Waals surface area contributed by atoms with E-state index in [-0.39, 0.29) is 23.8 Å². The zero-order chi connectivity index (χ0) is 24.3. The van der Waals surface area contributed by atoms with Gasteiger partial charge in [0.1, 0.15) is 11.4 Å². The summed E-state index contributed by atoms with van der Waals surface area (Å²) in [6, 6.07) is 11.5. The van der Waals surface area contributed by atoms with Gasteiger partial charge in [0.15, 0.2) is 0 Å². The molecule has 2 N–H and O–H groups in total. The molecule has 0 saturated heterocycles. The molecule has 1 atom stereocenters. The molecule has 33 heavy (non-hydrogen) atoms. The minimum Gasteiger partial charge on any atom is -0.394 e. The molecule has 9 heteroatoms. The number of rotatable bonds is 7. The van der Waals surface area contributed by atoms with Crippen molar-refractivity contribution >= 4 is 23.2 Å². The Bertz CT molecular complexity index is 1230. The molecule has 0 unspecified atom stereocenters. The summed E-state index contributed by atoms with van der Waals surface area (Å²) in [7, 11) is 3.72. The molecule has 174 valence electrons. The van der Waals surface area contributed by atoms with Crippen LogP contribution in [0.4, 0.5) is 10.1 Å². The number of anilines is 1. The second-order valence-corrected chi connectivity index (χ2v) is 8.61. The third-order valence-electron chi connectivity index (χ3n) is 5.25. The Labute approximate surface area is 196 Å². The summed E-state index contributed by atoms with van der Waals surface area (Å²) in [5.74, 6) is -1.25. The first-order valence-electron chi connectivity index (χ1n) is 10.4. The number of carbonyl (C=O) groups excluding carboxylic acids is 1. The monoisotopic (exact) mass is 472 g/mol. The van der Waals surface area contributed by atoms with E-state index in [4.69, 9.17) is 11.6 Å². The molecule has 0 aliphatic carbocycles. The second kappa shape index (κ2) is 10.1. The number of halogens is 2. The minimum atomic E-state index is -0.710. The van der Waals surface area contributed by atoms with Gasteiger partial charge >= 0.3 is 0 Å². The fourth-order valence-electron chi connectivity index (χ4n) is 3.28. The highest BCUT2D eigenvalue weighted by atomic mass is 35.5. The number of aliphatic hydroxyl groups is 1. The smallest absolute Gasteiger partial charge is 0.284 e. The first kappa shape index (κ1) is 24.4. The highest BCUT2D eigenvalue weighted by molar-refractivity contribution is 6.33. The van der Waals surface area contributed by atoms with Gasteiger partial charge in [-0.1, -0.05) is 37.6 Å². The van der Waals surface area contributed by atoms with Crippen molar-refractivity contribution in [2.24, 2.45) is 5.92 Å². The fraction of sp³-hybridized carbons (Fsp3) is 0.292. The van der Waals surface area contributed by atoms with Gasteiger partial charge in [-0.15, -0.1) is 0 Å².